The maximum atomic E-state index is 10.8. The van der Waals surface area contributed by atoms with Gasteiger partial charge in [-0.05, 0) is 42.5 Å². The number of hydrogen-bond acceptors (Lipinski definition) is 4. The minimum Gasteiger partial charge on any atom is -0.402 e. The summed E-state index contributed by atoms with van der Waals surface area (Å²) in [6.07, 6.45) is 2.39. The molecule has 1 aliphatic heterocycles. The van der Waals surface area contributed by atoms with E-state index in [0.29, 0.717) is 11.3 Å². The van der Waals surface area contributed by atoms with Crippen LogP contribution in [0.1, 0.15) is 33.6 Å². The highest BCUT2D eigenvalue weighted by Crippen LogP contribution is 2.65. The Balaban J connectivity index is 1.58. The summed E-state index contributed by atoms with van der Waals surface area (Å²) in [5.74, 6) is 1.24. The summed E-state index contributed by atoms with van der Waals surface area (Å²) >= 11 is 0. The number of nitro benzene ring substituents is 1. The number of non-ortho nitro benzene ring substituents is 1. The molecule has 4 atom stereocenters. The lowest BCUT2D eigenvalue weighted by Gasteiger charge is -2.64. The normalized spacial score (nSPS) is 38.3. The molecule has 0 spiro atoms. The molecule has 3 saturated carbocycles. The molecule has 0 aromatic heterocycles. The molecule has 1 aromatic rings. The van der Waals surface area contributed by atoms with Crippen LogP contribution < -0.4 is 5.46 Å². The van der Waals surface area contributed by atoms with Crippen molar-refractivity contribution in [2.75, 3.05) is 0 Å². The molecule has 22 heavy (non-hydrogen) atoms. The van der Waals surface area contributed by atoms with Crippen molar-refractivity contribution in [2.24, 2.45) is 17.3 Å². The average molecular weight is 301 g/mol. The summed E-state index contributed by atoms with van der Waals surface area (Å²) in [7, 11) is -0.411. The highest BCUT2D eigenvalue weighted by molar-refractivity contribution is 6.62. The summed E-state index contributed by atoms with van der Waals surface area (Å²) in [4.78, 5) is 10.4. The van der Waals surface area contributed by atoms with E-state index < -0.39 is 12.0 Å². The quantitative estimate of drug-likeness (QED) is 0.478. The van der Waals surface area contributed by atoms with Crippen LogP contribution in [0.5, 0.6) is 0 Å². The van der Waals surface area contributed by atoms with E-state index in [1.54, 1.807) is 12.1 Å². The van der Waals surface area contributed by atoms with Crippen molar-refractivity contribution in [3.8, 4) is 0 Å². The largest absolute Gasteiger partial charge is 0.494 e. The third-order valence-electron chi connectivity index (χ3n) is 6.33. The van der Waals surface area contributed by atoms with Crippen LogP contribution >= 0.6 is 0 Å². The SMILES string of the molecule is CC1(C)[C@@H]2C[C@H]3OB(c4ccc([N+](=O)[O-])cc4)O[C@@]3(C)[C@H]1C2. The predicted octanol–water partition coefficient (Wildman–Crippen LogP) is 2.53. The third kappa shape index (κ3) is 1.74. The Morgan fingerprint density at radius 2 is 1.91 bits per heavy atom. The van der Waals surface area contributed by atoms with Gasteiger partial charge in [-0.15, -0.1) is 0 Å². The minimum atomic E-state index is -0.411. The fourth-order valence-corrected chi connectivity index (χ4v) is 4.76. The van der Waals surface area contributed by atoms with Crippen molar-refractivity contribution >= 4 is 18.3 Å². The van der Waals surface area contributed by atoms with Gasteiger partial charge in [0.15, 0.2) is 0 Å². The van der Waals surface area contributed by atoms with Gasteiger partial charge in [0.1, 0.15) is 0 Å². The van der Waals surface area contributed by atoms with Crippen molar-refractivity contribution in [3.05, 3.63) is 34.4 Å². The van der Waals surface area contributed by atoms with Crippen LogP contribution in [0.25, 0.3) is 0 Å². The van der Waals surface area contributed by atoms with Gasteiger partial charge in [0.25, 0.3) is 5.69 Å². The number of hydrogen-bond donors (Lipinski definition) is 0. The first-order valence-corrected chi connectivity index (χ1v) is 7.90. The lowest BCUT2D eigenvalue weighted by atomic mass is 9.43. The van der Waals surface area contributed by atoms with Gasteiger partial charge in [0.05, 0.1) is 16.6 Å². The fourth-order valence-electron chi connectivity index (χ4n) is 4.76. The first-order chi connectivity index (χ1) is 10.3. The lowest BCUT2D eigenvalue weighted by Crippen LogP contribution is -2.65. The molecular weight excluding hydrogens is 281 g/mol. The van der Waals surface area contributed by atoms with Gasteiger partial charge in [0.2, 0.25) is 0 Å². The third-order valence-corrected chi connectivity index (χ3v) is 6.33. The molecule has 116 valence electrons. The van der Waals surface area contributed by atoms with Gasteiger partial charge in [-0.3, -0.25) is 10.1 Å². The first kappa shape index (κ1) is 14.2. The van der Waals surface area contributed by atoms with Crippen LogP contribution in [0, 0.1) is 27.4 Å². The minimum absolute atomic E-state index is 0.0914. The molecule has 0 unspecified atom stereocenters. The van der Waals surface area contributed by atoms with Gasteiger partial charge in [0, 0.05) is 12.1 Å². The monoisotopic (exact) mass is 301 g/mol. The van der Waals surface area contributed by atoms with Crippen molar-refractivity contribution in [3.63, 3.8) is 0 Å². The maximum Gasteiger partial charge on any atom is 0.494 e. The summed E-state index contributed by atoms with van der Waals surface area (Å²) in [5, 5.41) is 10.8. The standard InChI is InChI=1S/C16H20BNO4/c1-15(2)10-8-13(15)16(3)14(9-10)21-17(22-16)11-4-6-12(7-5-11)18(19)20/h4-7,10,13-14H,8-9H2,1-3H3/t10-,13-,14+,16-/m0/s1. The molecule has 1 saturated heterocycles. The molecule has 1 aromatic carbocycles. The highest BCUT2D eigenvalue weighted by Gasteiger charge is 2.67. The van der Waals surface area contributed by atoms with E-state index in [-0.39, 0.29) is 17.4 Å². The molecule has 4 aliphatic rings. The van der Waals surface area contributed by atoms with Crippen LogP contribution in [0.2, 0.25) is 0 Å². The first-order valence-electron chi connectivity index (χ1n) is 7.90. The van der Waals surface area contributed by atoms with Crippen molar-refractivity contribution in [1.82, 2.24) is 0 Å². The van der Waals surface area contributed by atoms with Crippen LogP contribution in [0.15, 0.2) is 24.3 Å². The summed E-state index contributed by atoms with van der Waals surface area (Å²) in [6.45, 7) is 6.83. The van der Waals surface area contributed by atoms with Gasteiger partial charge < -0.3 is 9.31 Å². The Labute approximate surface area is 130 Å². The molecule has 0 radical (unpaired) electrons. The van der Waals surface area contributed by atoms with Gasteiger partial charge in [-0.2, -0.15) is 0 Å². The molecule has 6 heteroatoms. The fraction of sp³-hybridized carbons (Fsp3) is 0.625. The molecule has 0 amide bonds. The predicted molar refractivity (Wildman–Crippen MR) is 82.8 cm³/mol. The average Bonchev–Trinajstić information content (AvgIpc) is 2.84. The van der Waals surface area contributed by atoms with Gasteiger partial charge in [-0.1, -0.05) is 26.0 Å². The topological polar surface area (TPSA) is 61.6 Å². The summed E-state index contributed by atoms with van der Waals surface area (Å²) < 4.78 is 12.5. The number of benzene rings is 1. The number of nitrogens with zero attached hydrogens (tertiary/aromatic N) is 1. The molecule has 5 nitrogen and oxygen atoms in total. The Hall–Kier alpha value is -1.40. The summed E-state index contributed by atoms with van der Waals surface area (Å²) in [5.41, 5.74) is 1.02. The van der Waals surface area contributed by atoms with E-state index in [1.165, 1.54) is 18.6 Å². The van der Waals surface area contributed by atoms with Crippen molar-refractivity contribution in [2.45, 2.75) is 45.3 Å². The zero-order valence-corrected chi connectivity index (χ0v) is 13.1. The zero-order chi connectivity index (χ0) is 15.7. The molecule has 3 aliphatic carbocycles. The highest BCUT2D eigenvalue weighted by atomic mass is 16.7. The Morgan fingerprint density at radius 1 is 1.23 bits per heavy atom. The van der Waals surface area contributed by atoms with E-state index in [0.717, 1.165) is 17.8 Å². The van der Waals surface area contributed by atoms with Gasteiger partial charge in [-0.25, -0.2) is 0 Å². The zero-order valence-electron chi connectivity index (χ0n) is 13.1. The van der Waals surface area contributed by atoms with E-state index in [9.17, 15) is 10.1 Å². The van der Waals surface area contributed by atoms with Gasteiger partial charge >= 0.3 is 7.12 Å². The second-order valence-corrected chi connectivity index (χ2v) is 7.65. The molecule has 1 heterocycles. The van der Waals surface area contributed by atoms with Crippen LogP contribution in [0.3, 0.4) is 0 Å². The van der Waals surface area contributed by atoms with Crippen molar-refractivity contribution < 1.29 is 14.2 Å². The smallest absolute Gasteiger partial charge is 0.402 e. The van der Waals surface area contributed by atoms with Crippen LogP contribution in [-0.2, 0) is 9.31 Å². The second-order valence-electron chi connectivity index (χ2n) is 7.65. The maximum absolute atomic E-state index is 10.8. The molecule has 4 fully saturated rings. The molecule has 0 N–H and O–H groups in total. The Kier molecular flexibility index (Phi) is 2.80. The molecule has 2 bridgehead atoms. The van der Waals surface area contributed by atoms with E-state index in [4.69, 9.17) is 9.31 Å². The Morgan fingerprint density at radius 3 is 2.50 bits per heavy atom. The van der Waals surface area contributed by atoms with E-state index >= 15 is 0 Å². The Bertz CT molecular complexity index is 632. The van der Waals surface area contributed by atoms with Crippen molar-refractivity contribution in [1.29, 1.82) is 0 Å². The second kappa shape index (κ2) is 4.33. The van der Waals surface area contributed by atoms with Crippen LogP contribution in [0.4, 0.5) is 5.69 Å². The lowest BCUT2D eigenvalue weighted by molar-refractivity contribution is -0.384. The number of nitro groups is 1. The van der Waals surface area contributed by atoms with Crippen LogP contribution in [-0.4, -0.2) is 23.7 Å². The molecule has 5 rings (SSSR count). The molecular formula is C16H20BNO4. The van der Waals surface area contributed by atoms with E-state index in [1.807, 2.05) is 0 Å². The number of rotatable bonds is 2. The van der Waals surface area contributed by atoms with E-state index in [2.05, 4.69) is 20.8 Å². The summed E-state index contributed by atoms with van der Waals surface area (Å²) in [6, 6.07) is 6.49.